The Morgan fingerprint density at radius 3 is 2.12 bits per heavy atom. The summed E-state index contributed by atoms with van der Waals surface area (Å²) in [7, 11) is 2.86. The summed E-state index contributed by atoms with van der Waals surface area (Å²) in [5.41, 5.74) is 5.52. The van der Waals surface area contributed by atoms with Crippen LogP contribution in [0, 0.1) is 0 Å². The normalized spacial score (nSPS) is 11.8. The fourth-order valence-electron chi connectivity index (χ4n) is 1.59. The maximum absolute atomic E-state index is 12.8. The Hall–Kier alpha value is -1.36. The second-order valence-corrected chi connectivity index (χ2v) is 4.33. The molecule has 0 aliphatic rings. The lowest BCUT2D eigenvalue weighted by Crippen LogP contribution is -2.29. The predicted molar refractivity (Wildman–Crippen MR) is 61.7 cm³/mol. The lowest BCUT2D eigenvalue weighted by Gasteiger charge is -2.24. The number of benzene rings is 1. The minimum atomic E-state index is -2.57. The first-order valence-corrected chi connectivity index (χ1v) is 5.14. The molecule has 0 aromatic heterocycles. The van der Waals surface area contributed by atoms with Crippen molar-refractivity contribution in [2.45, 2.75) is 25.8 Å². The van der Waals surface area contributed by atoms with Crippen molar-refractivity contribution in [1.82, 2.24) is 0 Å². The first-order valence-electron chi connectivity index (χ1n) is 5.14. The first kappa shape index (κ1) is 13.7. The highest BCUT2D eigenvalue weighted by Crippen LogP contribution is 2.39. The van der Waals surface area contributed by atoms with Crippen LogP contribution in [0.15, 0.2) is 12.1 Å². The number of halogens is 2. The van der Waals surface area contributed by atoms with Crippen LogP contribution < -0.4 is 15.2 Å². The summed E-state index contributed by atoms with van der Waals surface area (Å²) in [5, 5.41) is 0. The van der Waals surface area contributed by atoms with Crippen LogP contribution in [-0.2, 0) is 5.54 Å². The molecule has 3 nitrogen and oxygen atoms in total. The van der Waals surface area contributed by atoms with Gasteiger partial charge in [0.05, 0.1) is 14.2 Å². The predicted octanol–water partition coefficient (Wildman–Crippen LogP) is 2.84. The van der Waals surface area contributed by atoms with Gasteiger partial charge in [0.1, 0.15) is 0 Å². The van der Waals surface area contributed by atoms with E-state index in [9.17, 15) is 8.78 Å². The third kappa shape index (κ3) is 2.85. The average molecular weight is 245 g/mol. The van der Waals surface area contributed by atoms with E-state index in [-0.39, 0.29) is 11.3 Å². The average Bonchev–Trinajstić information content (AvgIpc) is 2.25. The number of rotatable bonds is 4. The molecule has 0 bridgehead atoms. The van der Waals surface area contributed by atoms with Crippen LogP contribution in [0.25, 0.3) is 0 Å². The van der Waals surface area contributed by atoms with E-state index in [2.05, 4.69) is 0 Å². The van der Waals surface area contributed by atoms with Gasteiger partial charge in [-0.3, -0.25) is 0 Å². The van der Waals surface area contributed by atoms with Crippen LogP contribution in [0.4, 0.5) is 8.78 Å². The molecule has 0 fully saturated rings. The van der Waals surface area contributed by atoms with Crippen molar-refractivity contribution in [3.05, 3.63) is 23.3 Å². The van der Waals surface area contributed by atoms with Gasteiger partial charge in [0.2, 0.25) is 0 Å². The minimum absolute atomic E-state index is 0.129. The monoisotopic (exact) mass is 245 g/mol. The Kier molecular flexibility index (Phi) is 3.93. The van der Waals surface area contributed by atoms with E-state index in [4.69, 9.17) is 15.2 Å². The number of hydrogen-bond acceptors (Lipinski definition) is 3. The van der Waals surface area contributed by atoms with Crippen molar-refractivity contribution in [2.24, 2.45) is 5.73 Å². The molecule has 2 N–H and O–H groups in total. The highest BCUT2D eigenvalue weighted by atomic mass is 19.3. The molecule has 0 aliphatic heterocycles. The van der Waals surface area contributed by atoms with Crippen molar-refractivity contribution in [2.75, 3.05) is 14.2 Å². The van der Waals surface area contributed by atoms with Crippen LogP contribution in [0.2, 0.25) is 0 Å². The number of ether oxygens (including phenoxy) is 2. The summed E-state index contributed by atoms with van der Waals surface area (Å²) in [6.07, 6.45) is -2.57. The summed E-state index contributed by atoms with van der Waals surface area (Å²) in [6.45, 7) is 3.44. The fraction of sp³-hybridized carbons (Fsp3) is 0.500. The first-order chi connectivity index (χ1) is 7.81. The van der Waals surface area contributed by atoms with Gasteiger partial charge < -0.3 is 15.2 Å². The quantitative estimate of drug-likeness (QED) is 0.887. The summed E-state index contributed by atoms with van der Waals surface area (Å²) >= 11 is 0. The van der Waals surface area contributed by atoms with Gasteiger partial charge in [0.15, 0.2) is 11.5 Å². The summed E-state index contributed by atoms with van der Waals surface area (Å²) in [5.74, 6) is 0.656. The molecule has 1 aromatic carbocycles. The third-order valence-corrected chi connectivity index (χ3v) is 2.45. The standard InChI is InChI=1S/C12H17F2NO2/c1-12(2,15)8-5-7(11(13)14)6-9(16-3)10(8)17-4/h5-6,11H,15H2,1-4H3. The second kappa shape index (κ2) is 4.87. The molecular weight excluding hydrogens is 228 g/mol. The van der Waals surface area contributed by atoms with Crippen molar-refractivity contribution in [3.8, 4) is 11.5 Å². The van der Waals surface area contributed by atoms with Crippen molar-refractivity contribution in [3.63, 3.8) is 0 Å². The van der Waals surface area contributed by atoms with E-state index in [1.54, 1.807) is 13.8 Å². The largest absolute Gasteiger partial charge is 0.493 e. The highest BCUT2D eigenvalue weighted by molar-refractivity contribution is 5.52. The van der Waals surface area contributed by atoms with Gasteiger partial charge in [-0.15, -0.1) is 0 Å². The lowest BCUT2D eigenvalue weighted by molar-refractivity contribution is 0.150. The van der Waals surface area contributed by atoms with E-state index in [1.165, 1.54) is 26.4 Å². The maximum atomic E-state index is 12.8. The topological polar surface area (TPSA) is 44.5 Å². The van der Waals surface area contributed by atoms with E-state index in [0.717, 1.165) is 0 Å². The molecule has 0 saturated heterocycles. The van der Waals surface area contributed by atoms with Crippen molar-refractivity contribution in [1.29, 1.82) is 0 Å². The van der Waals surface area contributed by atoms with Crippen molar-refractivity contribution < 1.29 is 18.3 Å². The van der Waals surface area contributed by atoms with Gasteiger partial charge in [0.25, 0.3) is 6.43 Å². The van der Waals surface area contributed by atoms with E-state index >= 15 is 0 Å². The van der Waals surface area contributed by atoms with Crippen LogP contribution in [0.3, 0.4) is 0 Å². The zero-order chi connectivity index (χ0) is 13.2. The van der Waals surface area contributed by atoms with E-state index in [0.29, 0.717) is 11.3 Å². The van der Waals surface area contributed by atoms with E-state index < -0.39 is 12.0 Å². The molecule has 0 amide bonds. The minimum Gasteiger partial charge on any atom is -0.493 e. The van der Waals surface area contributed by atoms with Gasteiger partial charge in [0, 0.05) is 16.7 Å². The Morgan fingerprint density at radius 1 is 1.18 bits per heavy atom. The smallest absolute Gasteiger partial charge is 0.263 e. The van der Waals surface area contributed by atoms with Gasteiger partial charge in [-0.25, -0.2) is 8.78 Å². The van der Waals surface area contributed by atoms with Gasteiger partial charge in [-0.05, 0) is 26.0 Å². The summed E-state index contributed by atoms with van der Waals surface area (Å²) in [6, 6.07) is 2.62. The molecule has 0 spiro atoms. The molecule has 0 atom stereocenters. The molecule has 0 saturated carbocycles. The molecule has 96 valence electrons. The third-order valence-electron chi connectivity index (χ3n) is 2.45. The van der Waals surface area contributed by atoms with Gasteiger partial charge >= 0.3 is 0 Å². The molecule has 0 heterocycles. The van der Waals surface area contributed by atoms with Gasteiger partial charge in [-0.2, -0.15) is 0 Å². The van der Waals surface area contributed by atoms with Crippen LogP contribution in [0.5, 0.6) is 11.5 Å². The zero-order valence-corrected chi connectivity index (χ0v) is 10.4. The molecule has 1 aromatic rings. The van der Waals surface area contributed by atoms with Crippen molar-refractivity contribution >= 4 is 0 Å². The molecule has 1 rings (SSSR count). The number of hydrogen-bond donors (Lipinski definition) is 1. The zero-order valence-electron chi connectivity index (χ0n) is 10.4. The van der Waals surface area contributed by atoms with Crippen LogP contribution in [-0.4, -0.2) is 14.2 Å². The van der Waals surface area contributed by atoms with Gasteiger partial charge in [-0.1, -0.05) is 0 Å². The second-order valence-electron chi connectivity index (χ2n) is 4.33. The maximum Gasteiger partial charge on any atom is 0.263 e. The summed E-state index contributed by atoms with van der Waals surface area (Å²) < 4.78 is 35.7. The van der Waals surface area contributed by atoms with Crippen LogP contribution in [0.1, 0.15) is 31.4 Å². The summed E-state index contributed by atoms with van der Waals surface area (Å²) in [4.78, 5) is 0. The molecule has 0 radical (unpaired) electrons. The Balaban J connectivity index is 3.48. The molecule has 5 heteroatoms. The molecular formula is C12H17F2NO2. The van der Waals surface area contributed by atoms with E-state index in [1.807, 2.05) is 0 Å². The fourth-order valence-corrected chi connectivity index (χ4v) is 1.59. The molecule has 17 heavy (non-hydrogen) atoms. The Bertz CT molecular complexity index is 400. The molecule has 0 unspecified atom stereocenters. The lowest BCUT2D eigenvalue weighted by atomic mass is 9.92. The number of methoxy groups -OCH3 is 2. The number of nitrogens with two attached hydrogens (primary N) is 1. The van der Waals surface area contributed by atoms with Crippen LogP contribution >= 0.6 is 0 Å². The highest BCUT2D eigenvalue weighted by Gasteiger charge is 2.25. The number of alkyl halides is 2. The SMILES string of the molecule is COc1cc(C(F)F)cc(C(C)(C)N)c1OC. The Morgan fingerprint density at radius 2 is 1.76 bits per heavy atom. The molecule has 0 aliphatic carbocycles. The Labute approximate surface area is 99.5 Å².